The molecule has 1 rings (SSSR count). The Morgan fingerprint density at radius 3 is 1.93 bits per heavy atom. The molecule has 0 aliphatic heterocycles. The van der Waals surface area contributed by atoms with E-state index >= 15 is 0 Å². The predicted molar refractivity (Wildman–Crippen MR) is 63.6 cm³/mol. The molecule has 1 nitrogen and oxygen atoms in total. The predicted octanol–water partition coefficient (Wildman–Crippen LogP) is 3.74. The number of hydrogen-bond donors (Lipinski definition) is 1. The Kier molecular flexibility index (Phi) is 4.94. The smallest absolute Gasteiger partial charge is 0.00672 e. The quantitative estimate of drug-likeness (QED) is 0.711. The SMILES string of the molecule is CC(C)(C)CNC1CCCCCCC1. The fraction of sp³-hybridized carbons (Fsp3) is 1.00. The van der Waals surface area contributed by atoms with Crippen molar-refractivity contribution in [3.8, 4) is 0 Å². The van der Waals surface area contributed by atoms with E-state index in [1.165, 1.54) is 44.9 Å². The molecular formula is C13H27N. The van der Waals surface area contributed by atoms with Gasteiger partial charge in [-0.25, -0.2) is 0 Å². The maximum atomic E-state index is 3.73. The first-order valence-electron chi connectivity index (χ1n) is 6.31. The van der Waals surface area contributed by atoms with Gasteiger partial charge < -0.3 is 5.32 Å². The molecule has 1 N–H and O–H groups in total. The first-order chi connectivity index (χ1) is 6.58. The molecule has 1 heteroatoms. The Balaban J connectivity index is 2.20. The highest BCUT2D eigenvalue weighted by molar-refractivity contribution is 4.73. The summed E-state index contributed by atoms with van der Waals surface area (Å²) in [5.41, 5.74) is 0.433. The lowest BCUT2D eigenvalue weighted by atomic mass is 9.93. The first kappa shape index (κ1) is 12.0. The van der Waals surface area contributed by atoms with E-state index < -0.39 is 0 Å². The van der Waals surface area contributed by atoms with Crippen LogP contribution in [0, 0.1) is 5.41 Å². The Morgan fingerprint density at radius 2 is 1.43 bits per heavy atom. The van der Waals surface area contributed by atoms with Crippen LogP contribution in [0.4, 0.5) is 0 Å². The highest BCUT2D eigenvalue weighted by Crippen LogP contribution is 2.18. The highest BCUT2D eigenvalue weighted by atomic mass is 14.9. The van der Waals surface area contributed by atoms with Crippen LogP contribution in [0.3, 0.4) is 0 Å². The summed E-state index contributed by atoms with van der Waals surface area (Å²) in [5, 5.41) is 3.73. The second-order valence-corrected chi connectivity index (χ2v) is 5.98. The van der Waals surface area contributed by atoms with Gasteiger partial charge in [-0.1, -0.05) is 52.9 Å². The zero-order valence-corrected chi connectivity index (χ0v) is 10.2. The lowest BCUT2D eigenvalue weighted by Crippen LogP contribution is -2.36. The Labute approximate surface area is 89.7 Å². The molecule has 1 saturated carbocycles. The lowest BCUT2D eigenvalue weighted by molar-refractivity contribution is 0.317. The van der Waals surface area contributed by atoms with Crippen LogP contribution in [0.1, 0.15) is 65.7 Å². The minimum absolute atomic E-state index is 0.433. The molecule has 0 amide bonds. The average Bonchev–Trinajstić information content (AvgIpc) is 2.00. The molecule has 0 atom stereocenters. The van der Waals surface area contributed by atoms with Crippen LogP contribution < -0.4 is 5.32 Å². The van der Waals surface area contributed by atoms with Crippen LogP contribution in [-0.4, -0.2) is 12.6 Å². The van der Waals surface area contributed by atoms with E-state index in [9.17, 15) is 0 Å². The highest BCUT2D eigenvalue weighted by Gasteiger charge is 2.15. The summed E-state index contributed by atoms with van der Waals surface area (Å²) >= 11 is 0. The molecule has 0 bridgehead atoms. The molecule has 0 aromatic rings. The Morgan fingerprint density at radius 1 is 0.929 bits per heavy atom. The normalized spacial score (nSPS) is 21.6. The van der Waals surface area contributed by atoms with Crippen molar-refractivity contribution in [2.45, 2.75) is 71.8 Å². The van der Waals surface area contributed by atoms with Gasteiger partial charge in [-0.3, -0.25) is 0 Å². The Bertz CT molecular complexity index is 138. The number of nitrogens with one attached hydrogen (secondary N) is 1. The van der Waals surface area contributed by atoms with E-state index in [2.05, 4.69) is 26.1 Å². The number of hydrogen-bond acceptors (Lipinski definition) is 1. The second kappa shape index (κ2) is 5.75. The molecule has 84 valence electrons. The molecule has 0 unspecified atom stereocenters. The van der Waals surface area contributed by atoms with Crippen molar-refractivity contribution in [3.63, 3.8) is 0 Å². The average molecular weight is 197 g/mol. The van der Waals surface area contributed by atoms with Crippen molar-refractivity contribution in [2.75, 3.05) is 6.54 Å². The van der Waals surface area contributed by atoms with Gasteiger partial charge in [0.25, 0.3) is 0 Å². The van der Waals surface area contributed by atoms with Gasteiger partial charge in [0.15, 0.2) is 0 Å². The largest absolute Gasteiger partial charge is 0.313 e. The fourth-order valence-electron chi connectivity index (χ4n) is 2.11. The summed E-state index contributed by atoms with van der Waals surface area (Å²) in [6, 6.07) is 0.800. The van der Waals surface area contributed by atoms with Gasteiger partial charge in [0.05, 0.1) is 0 Å². The molecule has 0 radical (unpaired) electrons. The zero-order chi connectivity index (χ0) is 10.4. The van der Waals surface area contributed by atoms with Gasteiger partial charge in [-0.05, 0) is 18.3 Å². The molecule has 14 heavy (non-hydrogen) atoms. The van der Waals surface area contributed by atoms with Crippen molar-refractivity contribution >= 4 is 0 Å². The van der Waals surface area contributed by atoms with Gasteiger partial charge >= 0.3 is 0 Å². The molecule has 0 heterocycles. The molecule has 0 aromatic heterocycles. The topological polar surface area (TPSA) is 12.0 Å². The third kappa shape index (κ3) is 5.64. The maximum absolute atomic E-state index is 3.73. The summed E-state index contributed by atoms with van der Waals surface area (Å²) in [7, 11) is 0. The van der Waals surface area contributed by atoms with Crippen LogP contribution in [0.15, 0.2) is 0 Å². The van der Waals surface area contributed by atoms with E-state index in [1.807, 2.05) is 0 Å². The summed E-state index contributed by atoms with van der Waals surface area (Å²) < 4.78 is 0. The molecule has 0 spiro atoms. The standard InChI is InChI=1S/C13H27N/c1-13(2,3)11-14-12-9-7-5-4-6-8-10-12/h12,14H,4-11H2,1-3H3. The first-order valence-corrected chi connectivity index (χ1v) is 6.31. The minimum atomic E-state index is 0.433. The van der Waals surface area contributed by atoms with Crippen LogP contribution in [0.2, 0.25) is 0 Å². The summed E-state index contributed by atoms with van der Waals surface area (Å²) in [6.45, 7) is 8.09. The molecule has 0 saturated heterocycles. The molecule has 1 aliphatic carbocycles. The van der Waals surface area contributed by atoms with Gasteiger partial charge in [0.2, 0.25) is 0 Å². The summed E-state index contributed by atoms with van der Waals surface area (Å²) in [6.07, 6.45) is 10.0. The fourth-order valence-corrected chi connectivity index (χ4v) is 2.11. The Hall–Kier alpha value is -0.0400. The van der Waals surface area contributed by atoms with E-state index in [-0.39, 0.29) is 0 Å². The molecular weight excluding hydrogens is 170 g/mol. The van der Waals surface area contributed by atoms with E-state index in [1.54, 1.807) is 0 Å². The third-order valence-electron chi connectivity index (χ3n) is 3.03. The van der Waals surface area contributed by atoms with Crippen LogP contribution in [0.25, 0.3) is 0 Å². The van der Waals surface area contributed by atoms with Gasteiger partial charge in [0.1, 0.15) is 0 Å². The van der Waals surface area contributed by atoms with Crippen LogP contribution in [-0.2, 0) is 0 Å². The van der Waals surface area contributed by atoms with Crippen molar-refractivity contribution in [2.24, 2.45) is 5.41 Å². The van der Waals surface area contributed by atoms with Crippen molar-refractivity contribution in [1.29, 1.82) is 0 Å². The van der Waals surface area contributed by atoms with E-state index in [4.69, 9.17) is 0 Å². The van der Waals surface area contributed by atoms with E-state index in [0.29, 0.717) is 5.41 Å². The number of rotatable bonds is 2. The van der Waals surface area contributed by atoms with Crippen molar-refractivity contribution in [1.82, 2.24) is 5.32 Å². The monoisotopic (exact) mass is 197 g/mol. The molecule has 1 aliphatic rings. The van der Waals surface area contributed by atoms with Gasteiger partial charge in [-0.2, -0.15) is 0 Å². The lowest BCUT2D eigenvalue weighted by Gasteiger charge is -2.26. The zero-order valence-electron chi connectivity index (χ0n) is 10.2. The van der Waals surface area contributed by atoms with E-state index in [0.717, 1.165) is 12.6 Å². The second-order valence-electron chi connectivity index (χ2n) is 5.98. The molecule has 0 aromatic carbocycles. The van der Waals surface area contributed by atoms with Gasteiger partial charge in [0, 0.05) is 12.6 Å². The third-order valence-corrected chi connectivity index (χ3v) is 3.03. The van der Waals surface area contributed by atoms with Gasteiger partial charge in [-0.15, -0.1) is 0 Å². The summed E-state index contributed by atoms with van der Waals surface area (Å²) in [5.74, 6) is 0. The minimum Gasteiger partial charge on any atom is -0.313 e. The van der Waals surface area contributed by atoms with Crippen molar-refractivity contribution in [3.05, 3.63) is 0 Å². The van der Waals surface area contributed by atoms with Crippen LogP contribution in [0.5, 0.6) is 0 Å². The molecule has 1 fully saturated rings. The summed E-state index contributed by atoms with van der Waals surface area (Å²) in [4.78, 5) is 0. The maximum Gasteiger partial charge on any atom is 0.00672 e. The van der Waals surface area contributed by atoms with Crippen molar-refractivity contribution < 1.29 is 0 Å². The van der Waals surface area contributed by atoms with Crippen LogP contribution >= 0.6 is 0 Å².